The number of nitrogens with one attached hydrogen (secondary N) is 1. The van der Waals surface area contributed by atoms with Gasteiger partial charge in [-0.1, -0.05) is 56.0 Å². The molecular weight excluding hydrogens is 658 g/mol. The van der Waals surface area contributed by atoms with Crippen molar-refractivity contribution in [1.82, 2.24) is 10.2 Å². The molecule has 45 heavy (non-hydrogen) atoms. The molecule has 0 spiro atoms. The summed E-state index contributed by atoms with van der Waals surface area (Å²) in [5.41, 5.74) is 2.04. The zero-order valence-electron chi connectivity index (χ0n) is 26.3. The Morgan fingerprint density at radius 2 is 1.69 bits per heavy atom. The molecule has 1 atom stereocenters. The minimum atomic E-state index is -4.22. The molecule has 0 aliphatic heterocycles. The van der Waals surface area contributed by atoms with Gasteiger partial charge in [-0.3, -0.25) is 13.9 Å². The number of ether oxygens (including phenoxy) is 2. The van der Waals surface area contributed by atoms with E-state index in [2.05, 4.69) is 21.2 Å². The number of hydrogen-bond acceptors (Lipinski definition) is 6. The van der Waals surface area contributed by atoms with Crippen LogP contribution in [0.5, 0.6) is 11.5 Å². The largest absolute Gasteiger partial charge is 0.497 e. The number of rotatable bonds is 13. The van der Waals surface area contributed by atoms with E-state index < -0.39 is 28.5 Å². The summed E-state index contributed by atoms with van der Waals surface area (Å²) in [4.78, 5) is 29.6. The third-order valence-corrected chi connectivity index (χ3v) is 10.5. The molecule has 1 aliphatic carbocycles. The van der Waals surface area contributed by atoms with Crippen LogP contribution in [-0.4, -0.2) is 58.0 Å². The van der Waals surface area contributed by atoms with E-state index in [-0.39, 0.29) is 23.4 Å². The lowest BCUT2D eigenvalue weighted by Gasteiger charge is -2.34. The SMILES string of the molecule is CCC(C(=O)NC1CCCCC1)N(Cc1cccc(OC)c1)C(=O)CN(c1ccc(C)cc1)S(=O)(=O)c1ccc(OC)c(Br)c1. The highest BCUT2D eigenvalue weighted by molar-refractivity contribution is 9.10. The molecule has 1 unspecified atom stereocenters. The van der Waals surface area contributed by atoms with E-state index in [1.54, 1.807) is 43.5 Å². The summed E-state index contributed by atoms with van der Waals surface area (Å²) >= 11 is 3.38. The Kier molecular flexibility index (Phi) is 11.9. The molecule has 1 fully saturated rings. The molecule has 9 nitrogen and oxygen atoms in total. The van der Waals surface area contributed by atoms with Gasteiger partial charge in [0.2, 0.25) is 11.8 Å². The smallest absolute Gasteiger partial charge is 0.264 e. The monoisotopic (exact) mass is 699 g/mol. The molecule has 0 radical (unpaired) electrons. The van der Waals surface area contributed by atoms with Crippen molar-refractivity contribution in [2.75, 3.05) is 25.1 Å². The number of carbonyl (C=O) groups is 2. The molecule has 1 N–H and O–H groups in total. The summed E-state index contributed by atoms with van der Waals surface area (Å²) in [6, 6.07) is 18.0. The first-order valence-electron chi connectivity index (χ1n) is 15.2. The second-order valence-electron chi connectivity index (χ2n) is 11.3. The predicted octanol–water partition coefficient (Wildman–Crippen LogP) is 6.23. The zero-order chi connectivity index (χ0) is 32.6. The van der Waals surface area contributed by atoms with Crippen LogP contribution < -0.4 is 19.1 Å². The molecule has 0 aromatic heterocycles. The molecule has 0 saturated heterocycles. The van der Waals surface area contributed by atoms with E-state index in [0.717, 1.165) is 47.5 Å². The van der Waals surface area contributed by atoms with E-state index in [0.29, 0.717) is 28.1 Å². The number of benzene rings is 3. The van der Waals surface area contributed by atoms with Crippen LogP contribution in [0.25, 0.3) is 0 Å². The van der Waals surface area contributed by atoms with E-state index in [1.807, 2.05) is 32.0 Å². The molecule has 11 heteroatoms. The number of aryl methyl sites for hydroxylation is 1. The second-order valence-corrected chi connectivity index (χ2v) is 14.0. The highest BCUT2D eigenvalue weighted by atomic mass is 79.9. The van der Waals surface area contributed by atoms with E-state index in [4.69, 9.17) is 9.47 Å². The van der Waals surface area contributed by atoms with E-state index >= 15 is 0 Å². The Balaban J connectivity index is 1.73. The maximum Gasteiger partial charge on any atom is 0.264 e. The zero-order valence-corrected chi connectivity index (χ0v) is 28.7. The van der Waals surface area contributed by atoms with E-state index in [9.17, 15) is 18.0 Å². The quantitative estimate of drug-likeness (QED) is 0.227. The van der Waals surface area contributed by atoms with Crippen LogP contribution in [0, 0.1) is 6.92 Å². The van der Waals surface area contributed by atoms with Crippen molar-refractivity contribution in [3.05, 3.63) is 82.3 Å². The standard InChI is InChI=1S/C34H42BrN3O6S/c1-5-31(34(40)36-26-11-7-6-8-12-26)37(22-25-10-9-13-28(20-25)43-3)33(39)23-38(27-16-14-24(2)15-17-27)45(41,42)29-18-19-32(44-4)30(35)21-29/h9-10,13-21,26,31H,5-8,11-12,22-23H2,1-4H3,(H,36,40). The first-order valence-corrected chi connectivity index (χ1v) is 17.5. The van der Waals surface area contributed by atoms with Gasteiger partial charge in [0.05, 0.1) is 29.3 Å². The van der Waals surface area contributed by atoms with Crippen molar-refractivity contribution in [2.24, 2.45) is 0 Å². The Morgan fingerprint density at radius 3 is 2.31 bits per heavy atom. The molecule has 0 heterocycles. The van der Waals surface area contributed by atoms with E-state index in [1.165, 1.54) is 24.1 Å². The number of sulfonamides is 1. The van der Waals surface area contributed by atoms with Gasteiger partial charge in [0.1, 0.15) is 24.1 Å². The van der Waals surface area contributed by atoms with Crippen LogP contribution in [0.1, 0.15) is 56.6 Å². The highest BCUT2D eigenvalue weighted by Crippen LogP contribution is 2.31. The number of amides is 2. The average molecular weight is 701 g/mol. The third-order valence-electron chi connectivity index (χ3n) is 8.14. The molecule has 3 aromatic rings. The molecule has 3 aromatic carbocycles. The first kappa shape index (κ1) is 34.3. The van der Waals surface area contributed by atoms with Crippen molar-refractivity contribution in [2.45, 2.75) is 75.9 Å². The van der Waals surface area contributed by atoms with Crippen LogP contribution in [0.15, 0.2) is 76.1 Å². The Hall–Kier alpha value is -3.57. The van der Waals surface area contributed by atoms with Crippen LogP contribution in [-0.2, 0) is 26.2 Å². The Morgan fingerprint density at radius 1 is 0.978 bits per heavy atom. The van der Waals surface area contributed by atoms with Gasteiger partial charge in [-0.15, -0.1) is 0 Å². The van der Waals surface area contributed by atoms with Gasteiger partial charge in [-0.05, 0) is 90.1 Å². The van der Waals surface area contributed by atoms with Crippen LogP contribution in [0.4, 0.5) is 5.69 Å². The number of nitrogens with zero attached hydrogens (tertiary/aromatic N) is 2. The van der Waals surface area contributed by atoms with Gasteiger partial charge in [-0.25, -0.2) is 8.42 Å². The number of hydrogen-bond donors (Lipinski definition) is 1. The fraction of sp³-hybridized carbons (Fsp3) is 0.412. The topological polar surface area (TPSA) is 105 Å². The summed E-state index contributed by atoms with van der Waals surface area (Å²) in [6.07, 6.45) is 5.43. The summed E-state index contributed by atoms with van der Waals surface area (Å²) in [6.45, 7) is 3.36. The molecule has 2 amide bonds. The molecule has 242 valence electrons. The molecular formula is C34H42BrN3O6S. The third kappa shape index (κ3) is 8.58. The summed E-state index contributed by atoms with van der Waals surface area (Å²) in [7, 11) is -1.16. The summed E-state index contributed by atoms with van der Waals surface area (Å²) < 4.78 is 40.7. The minimum absolute atomic E-state index is 0.00928. The fourth-order valence-corrected chi connectivity index (χ4v) is 7.74. The van der Waals surface area contributed by atoms with Crippen LogP contribution in [0.3, 0.4) is 0 Å². The second kappa shape index (κ2) is 15.6. The van der Waals surface area contributed by atoms with Gasteiger partial charge < -0.3 is 19.7 Å². The number of anilines is 1. The lowest BCUT2D eigenvalue weighted by molar-refractivity contribution is -0.140. The van der Waals surface area contributed by atoms with Gasteiger partial charge in [0, 0.05) is 12.6 Å². The van der Waals surface area contributed by atoms with Gasteiger partial charge in [0.25, 0.3) is 10.0 Å². The maximum absolute atomic E-state index is 14.4. The predicted molar refractivity (Wildman–Crippen MR) is 179 cm³/mol. The van der Waals surface area contributed by atoms with Crippen LogP contribution in [0.2, 0.25) is 0 Å². The Bertz CT molecular complexity index is 1570. The molecule has 1 saturated carbocycles. The number of carbonyl (C=O) groups excluding carboxylic acids is 2. The Labute approximate surface area is 275 Å². The van der Waals surface area contributed by atoms with Crippen molar-refractivity contribution < 1.29 is 27.5 Å². The summed E-state index contributed by atoms with van der Waals surface area (Å²) in [5.74, 6) is 0.365. The number of halogens is 1. The average Bonchev–Trinajstić information content (AvgIpc) is 3.04. The van der Waals surface area contributed by atoms with Crippen molar-refractivity contribution in [3.63, 3.8) is 0 Å². The fourth-order valence-electron chi connectivity index (χ4n) is 5.61. The first-order chi connectivity index (χ1) is 21.6. The molecule has 1 aliphatic rings. The lowest BCUT2D eigenvalue weighted by Crippen LogP contribution is -2.54. The molecule has 0 bridgehead atoms. The normalized spacial score (nSPS) is 14.3. The van der Waals surface area contributed by atoms with Gasteiger partial charge in [0.15, 0.2) is 0 Å². The van der Waals surface area contributed by atoms with Crippen molar-refractivity contribution >= 4 is 43.5 Å². The molecule has 4 rings (SSSR count). The lowest BCUT2D eigenvalue weighted by atomic mass is 9.95. The number of methoxy groups -OCH3 is 2. The van der Waals surface area contributed by atoms with Crippen molar-refractivity contribution in [1.29, 1.82) is 0 Å². The highest BCUT2D eigenvalue weighted by Gasteiger charge is 2.34. The maximum atomic E-state index is 14.4. The van der Waals surface area contributed by atoms with Crippen LogP contribution >= 0.6 is 15.9 Å². The van der Waals surface area contributed by atoms with Gasteiger partial charge in [-0.2, -0.15) is 0 Å². The minimum Gasteiger partial charge on any atom is -0.497 e. The summed E-state index contributed by atoms with van der Waals surface area (Å²) in [5, 5.41) is 3.17. The van der Waals surface area contributed by atoms with Crippen molar-refractivity contribution in [3.8, 4) is 11.5 Å². The van der Waals surface area contributed by atoms with Gasteiger partial charge >= 0.3 is 0 Å².